The van der Waals surface area contributed by atoms with Gasteiger partial charge in [0.2, 0.25) is 0 Å². The van der Waals surface area contributed by atoms with Crippen molar-refractivity contribution in [1.82, 2.24) is 0 Å². The first-order valence-corrected chi connectivity index (χ1v) is 12.5. The minimum absolute atomic E-state index is 0.00676. The normalized spacial score (nSPS) is 16.9. The van der Waals surface area contributed by atoms with Gasteiger partial charge >= 0.3 is 0 Å². The van der Waals surface area contributed by atoms with E-state index in [0.717, 1.165) is 21.9 Å². The Kier molecular flexibility index (Phi) is 6.64. The lowest BCUT2D eigenvalue weighted by molar-refractivity contribution is -0.132. The smallest absolute Gasteiger partial charge is 0.300 e. The van der Waals surface area contributed by atoms with Crippen molar-refractivity contribution in [2.24, 2.45) is 0 Å². The molecule has 0 bridgehead atoms. The molecular formula is C32H29NO5. The molecule has 4 aromatic rings. The number of ether oxygens (including phenoxy) is 2. The first-order valence-electron chi connectivity index (χ1n) is 12.5. The summed E-state index contributed by atoms with van der Waals surface area (Å²) in [6.07, 6.45) is -0.00676. The molecule has 1 unspecified atom stereocenters. The Morgan fingerprint density at radius 2 is 1.66 bits per heavy atom. The Hall–Kier alpha value is -4.58. The van der Waals surface area contributed by atoms with Crippen molar-refractivity contribution in [2.45, 2.75) is 32.9 Å². The number of aliphatic hydroxyl groups excluding tert-OH is 1. The number of aliphatic hydroxyl groups is 1. The van der Waals surface area contributed by atoms with Gasteiger partial charge in [-0.15, -0.1) is 0 Å². The molecule has 38 heavy (non-hydrogen) atoms. The Labute approximate surface area is 221 Å². The Bertz CT molecular complexity index is 1580. The number of nitrogens with zero attached hydrogens (tertiary/aromatic N) is 1. The van der Waals surface area contributed by atoms with Gasteiger partial charge in [0.25, 0.3) is 11.7 Å². The highest BCUT2D eigenvalue weighted by Crippen LogP contribution is 2.45. The van der Waals surface area contributed by atoms with E-state index in [2.05, 4.69) is 0 Å². The van der Waals surface area contributed by atoms with Crippen molar-refractivity contribution in [3.05, 3.63) is 107 Å². The summed E-state index contributed by atoms with van der Waals surface area (Å²) >= 11 is 0. The monoisotopic (exact) mass is 507 g/mol. The number of aryl methyl sites for hydroxylation is 1. The number of fused-ring (bicyclic) bond motifs is 1. The lowest BCUT2D eigenvalue weighted by atomic mass is 9.91. The molecule has 1 N–H and O–H groups in total. The van der Waals surface area contributed by atoms with Gasteiger partial charge in [0.1, 0.15) is 17.3 Å². The molecule has 0 aliphatic carbocycles. The Balaban J connectivity index is 1.75. The van der Waals surface area contributed by atoms with Crippen LogP contribution in [0.15, 0.2) is 90.5 Å². The van der Waals surface area contributed by atoms with Gasteiger partial charge in [0.05, 0.1) is 24.8 Å². The molecule has 5 rings (SSSR count). The number of carbonyl (C=O) groups excluding carboxylic acids is 2. The van der Waals surface area contributed by atoms with Crippen LogP contribution in [-0.2, 0) is 9.59 Å². The topological polar surface area (TPSA) is 76.1 Å². The lowest BCUT2D eigenvalue weighted by Gasteiger charge is -2.27. The Morgan fingerprint density at radius 1 is 0.921 bits per heavy atom. The van der Waals surface area contributed by atoms with Crippen molar-refractivity contribution < 1.29 is 24.2 Å². The zero-order chi connectivity index (χ0) is 27.0. The van der Waals surface area contributed by atoms with Gasteiger partial charge in [0, 0.05) is 17.3 Å². The van der Waals surface area contributed by atoms with E-state index in [4.69, 9.17) is 9.47 Å². The van der Waals surface area contributed by atoms with Gasteiger partial charge in [-0.3, -0.25) is 14.5 Å². The van der Waals surface area contributed by atoms with Gasteiger partial charge in [-0.1, -0.05) is 48.5 Å². The van der Waals surface area contributed by atoms with Crippen molar-refractivity contribution in [3.63, 3.8) is 0 Å². The third-order valence-corrected chi connectivity index (χ3v) is 6.70. The quantitative estimate of drug-likeness (QED) is 0.181. The molecule has 1 amide bonds. The molecule has 1 heterocycles. The van der Waals surface area contributed by atoms with E-state index >= 15 is 0 Å². The third-order valence-electron chi connectivity index (χ3n) is 6.70. The largest absolute Gasteiger partial charge is 0.507 e. The molecule has 0 spiro atoms. The molecule has 1 atom stereocenters. The fourth-order valence-electron chi connectivity index (χ4n) is 4.98. The Morgan fingerprint density at radius 3 is 2.39 bits per heavy atom. The zero-order valence-electron chi connectivity index (χ0n) is 21.8. The van der Waals surface area contributed by atoms with Crippen LogP contribution >= 0.6 is 0 Å². The van der Waals surface area contributed by atoms with E-state index in [0.29, 0.717) is 22.7 Å². The van der Waals surface area contributed by atoms with Gasteiger partial charge < -0.3 is 14.6 Å². The van der Waals surface area contributed by atoms with Gasteiger partial charge in [-0.25, -0.2) is 0 Å². The van der Waals surface area contributed by atoms with Gasteiger partial charge in [-0.05, 0) is 73.0 Å². The summed E-state index contributed by atoms with van der Waals surface area (Å²) in [5.74, 6) is -0.445. The van der Waals surface area contributed by atoms with Crippen LogP contribution in [-0.4, -0.2) is 30.0 Å². The second-order valence-corrected chi connectivity index (χ2v) is 9.59. The van der Waals surface area contributed by atoms with Crippen molar-refractivity contribution in [3.8, 4) is 11.5 Å². The minimum Gasteiger partial charge on any atom is -0.507 e. The fraction of sp³-hybridized carbons (Fsp3) is 0.188. The summed E-state index contributed by atoms with van der Waals surface area (Å²) in [4.78, 5) is 28.6. The molecule has 192 valence electrons. The minimum atomic E-state index is -0.847. The van der Waals surface area contributed by atoms with Crippen LogP contribution < -0.4 is 14.4 Å². The summed E-state index contributed by atoms with van der Waals surface area (Å²) < 4.78 is 11.2. The number of anilines is 1. The van der Waals surface area contributed by atoms with Crippen LogP contribution in [0, 0.1) is 6.92 Å². The van der Waals surface area contributed by atoms with Crippen LogP contribution in [0.2, 0.25) is 0 Å². The maximum absolute atomic E-state index is 13.6. The molecule has 4 aromatic carbocycles. The highest BCUT2D eigenvalue weighted by atomic mass is 16.5. The van der Waals surface area contributed by atoms with Crippen molar-refractivity contribution in [2.75, 3.05) is 12.0 Å². The maximum atomic E-state index is 13.6. The van der Waals surface area contributed by atoms with Gasteiger partial charge in [-0.2, -0.15) is 0 Å². The average Bonchev–Trinajstić information content (AvgIpc) is 3.18. The first kappa shape index (κ1) is 25.1. The van der Waals surface area contributed by atoms with Crippen LogP contribution in [0.3, 0.4) is 0 Å². The number of carbonyl (C=O) groups is 2. The number of hydrogen-bond acceptors (Lipinski definition) is 5. The molecule has 1 saturated heterocycles. The molecule has 6 nitrogen and oxygen atoms in total. The number of amides is 1. The first-order chi connectivity index (χ1) is 18.3. The van der Waals surface area contributed by atoms with Crippen molar-refractivity contribution in [1.29, 1.82) is 0 Å². The number of methoxy groups -OCH3 is 1. The SMILES string of the molecule is COc1cccc(N2C(=O)C(=O)/C(=C(\O)c3ccc(OC(C)C)c(C)c3)C2c2cccc3ccccc23)c1. The predicted octanol–water partition coefficient (Wildman–Crippen LogP) is 6.57. The number of ketones is 1. The number of hydrogen-bond donors (Lipinski definition) is 1. The van der Waals surface area contributed by atoms with E-state index in [-0.39, 0.29) is 17.4 Å². The molecule has 0 saturated carbocycles. The lowest BCUT2D eigenvalue weighted by Crippen LogP contribution is -2.29. The van der Waals surface area contributed by atoms with E-state index < -0.39 is 17.7 Å². The maximum Gasteiger partial charge on any atom is 0.300 e. The van der Waals surface area contributed by atoms with Crippen LogP contribution in [0.4, 0.5) is 5.69 Å². The second kappa shape index (κ2) is 10.1. The van der Waals surface area contributed by atoms with Crippen molar-refractivity contribution >= 4 is 33.9 Å². The molecule has 0 radical (unpaired) electrons. The molecular weight excluding hydrogens is 478 g/mol. The summed E-state index contributed by atoms with van der Waals surface area (Å²) in [6, 6.07) is 25.0. The second-order valence-electron chi connectivity index (χ2n) is 9.59. The summed E-state index contributed by atoms with van der Waals surface area (Å²) in [7, 11) is 1.55. The molecule has 0 aromatic heterocycles. The summed E-state index contributed by atoms with van der Waals surface area (Å²) in [5, 5.41) is 13.4. The predicted molar refractivity (Wildman–Crippen MR) is 149 cm³/mol. The standard InChI is InChI=1S/C32H29NO5/c1-19(2)38-27-16-15-22(17-20(27)3)30(34)28-29(26-14-7-10-21-9-5-6-13-25(21)26)33(32(36)31(28)35)23-11-8-12-24(18-23)37-4/h5-19,29,34H,1-4H3/b30-28-. The molecule has 1 aliphatic rings. The van der Waals surface area contributed by atoms with Crippen LogP contribution in [0.1, 0.15) is 36.6 Å². The number of Topliss-reactive ketones (excluding diaryl/α,β-unsaturated/α-hetero) is 1. The van der Waals surface area contributed by atoms with E-state index in [1.807, 2.05) is 63.2 Å². The van der Waals surface area contributed by atoms with Gasteiger partial charge in [0.15, 0.2) is 0 Å². The van der Waals surface area contributed by atoms with Crippen LogP contribution in [0.25, 0.3) is 16.5 Å². The van der Waals surface area contributed by atoms with E-state index in [1.165, 1.54) is 4.90 Å². The highest BCUT2D eigenvalue weighted by Gasteiger charge is 2.47. The average molecular weight is 508 g/mol. The molecule has 1 fully saturated rings. The molecule has 6 heteroatoms. The third kappa shape index (κ3) is 4.39. The zero-order valence-corrected chi connectivity index (χ0v) is 21.8. The summed E-state index contributed by atoms with van der Waals surface area (Å²) in [6.45, 7) is 5.76. The number of rotatable bonds is 6. The van der Waals surface area contributed by atoms with E-state index in [1.54, 1.807) is 49.6 Å². The molecule has 1 aliphatic heterocycles. The number of benzene rings is 4. The summed E-state index contributed by atoms with van der Waals surface area (Å²) in [5.41, 5.74) is 2.52. The van der Waals surface area contributed by atoms with Crippen LogP contribution in [0.5, 0.6) is 11.5 Å². The fourth-order valence-corrected chi connectivity index (χ4v) is 4.98. The highest BCUT2D eigenvalue weighted by molar-refractivity contribution is 6.52. The van der Waals surface area contributed by atoms with E-state index in [9.17, 15) is 14.7 Å².